The smallest absolute Gasteiger partial charge is 0.256 e. The van der Waals surface area contributed by atoms with E-state index in [1.54, 1.807) is 7.05 Å². The number of carbonyl (C=O) groups excluding carboxylic acids is 1. The summed E-state index contributed by atoms with van der Waals surface area (Å²) in [6, 6.07) is 1.39. The molecule has 1 heterocycles. The Morgan fingerprint density at radius 1 is 1.56 bits per heavy atom. The first-order chi connectivity index (χ1) is 7.61. The molecule has 0 aliphatic carbocycles. The monoisotopic (exact) mass is 225 g/mol. The fraction of sp³-hybridized carbons (Fsp3) is 0.455. The van der Waals surface area contributed by atoms with Crippen LogP contribution in [0.15, 0.2) is 12.3 Å². The Labute approximate surface area is 94.5 Å². The molecular weight excluding hydrogens is 209 g/mol. The van der Waals surface area contributed by atoms with Gasteiger partial charge in [0, 0.05) is 26.3 Å². The number of hydrogen-bond acceptors (Lipinski definition) is 3. The number of hydrogen-bond donors (Lipinski definition) is 1. The number of rotatable bonds is 4. The summed E-state index contributed by atoms with van der Waals surface area (Å²) < 4.78 is 13.8. The molecule has 1 N–H and O–H groups in total. The zero-order valence-electron chi connectivity index (χ0n) is 9.75. The predicted molar refractivity (Wildman–Crippen MR) is 61.0 cm³/mol. The quantitative estimate of drug-likeness (QED) is 0.849. The van der Waals surface area contributed by atoms with Crippen LogP contribution in [0.4, 0.5) is 10.2 Å². The van der Waals surface area contributed by atoms with Gasteiger partial charge in [-0.25, -0.2) is 9.37 Å². The van der Waals surface area contributed by atoms with Gasteiger partial charge in [-0.1, -0.05) is 0 Å². The molecule has 0 bridgehead atoms. The van der Waals surface area contributed by atoms with Crippen molar-refractivity contribution in [1.29, 1.82) is 0 Å². The third-order valence-corrected chi connectivity index (χ3v) is 2.28. The van der Waals surface area contributed by atoms with Gasteiger partial charge < -0.3 is 10.2 Å². The van der Waals surface area contributed by atoms with Crippen LogP contribution in [0.1, 0.15) is 24.2 Å². The molecule has 1 rings (SSSR count). The topological polar surface area (TPSA) is 45.2 Å². The third-order valence-electron chi connectivity index (χ3n) is 2.28. The van der Waals surface area contributed by atoms with Crippen molar-refractivity contribution < 1.29 is 9.18 Å². The lowest BCUT2D eigenvalue weighted by molar-refractivity contribution is 0.0798. The SMILES string of the molecule is CCNc1nccc(C(=O)N(C)CC)c1F. The first-order valence-corrected chi connectivity index (χ1v) is 5.25. The van der Waals surface area contributed by atoms with E-state index in [9.17, 15) is 9.18 Å². The van der Waals surface area contributed by atoms with Crippen molar-refractivity contribution in [2.75, 3.05) is 25.5 Å². The first-order valence-electron chi connectivity index (χ1n) is 5.25. The van der Waals surface area contributed by atoms with Crippen LogP contribution < -0.4 is 5.32 Å². The van der Waals surface area contributed by atoms with Crippen molar-refractivity contribution in [2.45, 2.75) is 13.8 Å². The van der Waals surface area contributed by atoms with Crippen LogP contribution in [-0.2, 0) is 0 Å². The summed E-state index contributed by atoms with van der Waals surface area (Å²) in [4.78, 5) is 17.1. The van der Waals surface area contributed by atoms with E-state index in [-0.39, 0.29) is 17.3 Å². The summed E-state index contributed by atoms with van der Waals surface area (Å²) in [6.07, 6.45) is 1.43. The van der Waals surface area contributed by atoms with E-state index in [1.165, 1.54) is 17.2 Å². The summed E-state index contributed by atoms with van der Waals surface area (Å²) >= 11 is 0. The summed E-state index contributed by atoms with van der Waals surface area (Å²) in [5, 5.41) is 2.77. The maximum Gasteiger partial charge on any atom is 0.256 e. The minimum Gasteiger partial charge on any atom is -0.368 e. The van der Waals surface area contributed by atoms with E-state index >= 15 is 0 Å². The number of halogens is 1. The lowest BCUT2D eigenvalue weighted by atomic mass is 10.2. The van der Waals surface area contributed by atoms with Crippen LogP contribution in [0.25, 0.3) is 0 Å². The van der Waals surface area contributed by atoms with Crippen LogP contribution in [0.2, 0.25) is 0 Å². The number of pyridine rings is 1. The first kappa shape index (κ1) is 12.4. The predicted octanol–water partition coefficient (Wildman–Crippen LogP) is 1.74. The highest BCUT2D eigenvalue weighted by Gasteiger charge is 2.17. The molecule has 1 aromatic heterocycles. The van der Waals surface area contributed by atoms with Gasteiger partial charge in [0.05, 0.1) is 5.56 Å². The molecule has 0 unspecified atom stereocenters. The minimum atomic E-state index is -0.588. The van der Waals surface area contributed by atoms with Gasteiger partial charge in [0.2, 0.25) is 0 Å². The lowest BCUT2D eigenvalue weighted by Gasteiger charge is -2.15. The summed E-state index contributed by atoms with van der Waals surface area (Å²) in [7, 11) is 1.63. The van der Waals surface area contributed by atoms with E-state index in [4.69, 9.17) is 0 Å². The molecule has 1 amide bonds. The van der Waals surface area contributed by atoms with Gasteiger partial charge in [0.25, 0.3) is 5.91 Å². The molecule has 0 saturated carbocycles. The van der Waals surface area contributed by atoms with E-state index in [0.717, 1.165) is 0 Å². The zero-order valence-corrected chi connectivity index (χ0v) is 9.75. The molecule has 0 fully saturated rings. The fourth-order valence-corrected chi connectivity index (χ4v) is 1.25. The molecule has 16 heavy (non-hydrogen) atoms. The Hall–Kier alpha value is -1.65. The standard InChI is InChI=1S/C11H16FN3O/c1-4-13-10-9(12)8(6-7-14-10)11(16)15(3)5-2/h6-7H,4-5H2,1-3H3,(H,13,14). The molecule has 0 spiro atoms. The summed E-state index contributed by atoms with van der Waals surface area (Å²) in [6.45, 7) is 4.78. The second-order valence-corrected chi connectivity index (χ2v) is 3.37. The Balaban J connectivity index is 3.05. The maximum atomic E-state index is 13.8. The Morgan fingerprint density at radius 3 is 2.81 bits per heavy atom. The fourth-order valence-electron chi connectivity index (χ4n) is 1.25. The van der Waals surface area contributed by atoms with Crippen molar-refractivity contribution in [1.82, 2.24) is 9.88 Å². The van der Waals surface area contributed by atoms with Gasteiger partial charge in [-0.05, 0) is 19.9 Å². The van der Waals surface area contributed by atoms with Crippen molar-refractivity contribution in [3.8, 4) is 0 Å². The average Bonchev–Trinajstić information content (AvgIpc) is 2.30. The van der Waals surface area contributed by atoms with E-state index in [1.807, 2.05) is 13.8 Å². The molecule has 88 valence electrons. The molecule has 0 aromatic carbocycles. The molecule has 0 saturated heterocycles. The van der Waals surface area contributed by atoms with Crippen molar-refractivity contribution >= 4 is 11.7 Å². The van der Waals surface area contributed by atoms with E-state index in [0.29, 0.717) is 13.1 Å². The number of anilines is 1. The Bertz CT molecular complexity index is 381. The molecule has 0 aliphatic rings. The summed E-state index contributed by atoms with van der Waals surface area (Å²) in [5.41, 5.74) is 0.0512. The zero-order chi connectivity index (χ0) is 12.1. The van der Waals surface area contributed by atoms with Gasteiger partial charge in [-0.15, -0.1) is 0 Å². The van der Waals surface area contributed by atoms with Crippen molar-refractivity contribution in [3.05, 3.63) is 23.6 Å². The largest absolute Gasteiger partial charge is 0.368 e. The third kappa shape index (κ3) is 2.48. The lowest BCUT2D eigenvalue weighted by Crippen LogP contribution is -2.27. The molecule has 0 atom stereocenters. The van der Waals surface area contributed by atoms with Crippen LogP contribution >= 0.6 is 0 Å². The second-order valence-electron chi connectivity index (χ2n) is 3.37. The molecule has 0 aliphatic heterocycles. The van der Waals surface area contributed by atoms with E-state index < -0.39 is 5.82 Å². The highest BCUT2D eigenvalue weighted by molar-refractivity contribution is 5.95. The van der Waals surface area contributed by atoms with Crippen LogP contribution in [0.3, 0.4) is 0 Å². The van der Waals surface area contributed by atoms with Crippen LogP contribution in [0, 0.1) is 5.82 Å². The molecule has 0 radical (unpaired) electrons. The number of nitrogens with zero attached hydrogens (tertiary/aromatic N) is 2. The highest BCUT2D eigenvalue weighted by atomic mass is 19.1. The van der Waals surface area contributed by atoms with Crippen LogP contribution in [0.5, 0.6) is 0 Å². The second kappa shape index (κ2) is 5.44. The van der Waals surface area contributed by atoms with Gasteiger partial charge in [0.15, 0.2) is 11.6 Å². The van der Waals surface area contributed by atoms with Gasteiger partial charge in [-0.2, -0.15) is 0 Å². The number of amides is 1. The van der Waals surface area contributed by atoms with Crippen molar-refractivity contribution in [2.24, 2.45) is 0 Å². The van der Waals surface area contributed by atoms with Gasteiger partial charge in [0.1, 0.15) is 0 Å². The normalized spacial score (nSPS) is 10.0. The van der Waals surface area contributed by atoms with E-state index in [2.05, 4.69) is 10.3 Å². The Morgan fingerprint density at radius 2 is 2.25 bits per heavy atom. The van der Waals surface area contributed by atoms with Gasteiger partial charge in [-0.3, -0.25) is 4.79 Å². The Kier molecular flexibility index (Phi) is 4.22. The number of carbonyl (C=O) groups is 1. The summed E-state index contributed by atoms with van der Waals surface area (Å²) in [5.74, 6) is -0.797. The minimum absolute atomic E-state index is 0.0512. The average molecular weight is 225 g/mol. The number of aromatic nitrogens is 1. The molecular formula is C11H16FN3O. The molecule has 4 nitrogen and oxygen atoms in total. The highest BCUT2D eigenvalue weighted by Crippen LogP contribution is 2.16. The molecule has 1 aromatic rings. The number of nitrogens with one attached hydrogen (secondary N) is 1. The van der Waals surface area contributed by atoms with Crippen molar-refractivity contribution in [3.63, 3.8) is 0 Å². The maximum absolute atomic E-state index is 13.8. The molecule has 5 heteroatoms. The van der Waals surface area contributed by atoms with Gasteiger partial charge >= 0.3 is 0 Å². The van der Waals surface area contributed by atoms with Crippen LogP contribution in [-0.4, -0.2) is 35.9 Å².